The molecule has 2 aromatic rings. The lowest BCUT2D eigenvalue weighted by atomic mass is 10.1. The molecule has 1 fully saturated rings. The summed E-state index contributed by atoms with van der Waals surface area (Å²) in [5, 5.41) is 0. The van der Waals surface area contributed by atoms with Gasteiger partial charge in [-0.1, -0.05) is 37.6 Å². The maximum absolute atomic E-state index is 5.98. The van der Waals surface area contributed by atoms with Crippen LogP contribution in [0, 0.1) is 0 Å². The van der Waals surface area contributed by atoms with Gasteiger partial charge in [-0.15, -0.1) is 0 Å². The first kappa shape index (κ1) is 18.7. The molecule has 4 nitrogen and oxygen atoms in total. The van der Waals surface area contributed by atoms with Crippen LogP contribution in [0.25, 0.3) is 0 Å². The summed E-state index contributed by atoms with van der Waals surface area (Å²) in [4.78, 5) is 7.00. The van der Waals surface area contributed by atoms with E-state index in [2.05, 4.69) is 48.0 Å². The van der Waals surface area contributed by atoms with Crippen LogP contribution in [0.2, 0.25) is 0 Å². The van der Waals surface area contributed by atoms with Crippen molar-refractivity contribution < 1.29 is 4.74 Å². The molecule has 0 spiro atoms. The van der Waals surface area contributed by atoms with Gasteiger partial charge in [0.2, 0.25) is 0 Å². The third-order valence-corrected chi connectivity index (χ3v) is 4.92. The van der Waals surface area contributed by atoms with Crippen molar-refractivity contribution in [2.75, 3.05) is 18.8 Å². The minimum absolute atomic E-state index is 0.194. The van der Waals surface area contributed by atoms with Gasteiger partial charge in [-0.05, 0) is 50.4 Å². The molecule has 3 rings (SSSR count). The predicted octanol–water partition coefficient (Wildman–Crippen LogP) is 4.42. The number of nitrogens with zero attached hydrogens (tertiary/aromatic N) is 2. The number of ether oxygens (including phenoxy) is 1. The monoisotopic (exact) mass is 353 g/mol. The number of rotatable bonds is 8. The summed E-state index contributed by atoms with van der Waals surface area (Å²) in [5.74, 6) is 1.34. The molecule has 1 aromatic heterocycles. The Morgan fingerprint density at radius 3 is 2.50 bits per heavy atom. The van der Waals surface area contributed by atoms with Crippen LogP contribution in [0.5, 0.6) is 5.75 Å². The molecule has 1 aromatic carbocycles. The second-order valence-electron chi connectivity index (χ2n) is 7.41. The highest BCUT2D eigenvalue weighted by molar-refractivity contribution is 5.40. The van der Waals surface area contributed by atoms with E-state index in [-0.39, 0.29) is 6.10 Å². The average molecular weight is 354 g/mol. The van der Waals surface area contributed by atoms with Gasteiger partial charge in [0.1, 0.15) is 11.6 Å². The Labute approximate surface area is 157 Å². The highest BCUT2D eigenvalue weighted by Gasteiger charge is 2.12. The van der Waals surface area contributed by atoms with Crippen LogP contribution in [-0.2, 0) is 13.0 Å². The molecule has 0 aliphatic carbocycles. The van der Waals surface area contributed by atoms with Crippen molar-refractivity contribution in [2.24, 2.45) is 0 Å². The van der Waals surface area contributed by atoms with Crippen LogP contribution in [0.3, 0.4) is 0 Å². The number of nitrogens with two attached hydrogens (primary N) is 1. The molecular weight excluding hydrogens is 322 g/mol. The number of hydrogen-bond acceptors (Lipinski definition) is 4. The van der Waals surface area contributed by atoms with E-state index in [1.165, 1.54) is 37.1 Å². The molecule has 1 saturated heterocycles. The molecule has 1 aliphatic heterocycles. The number of aromatic nitrogens is 1. The number of benzene rings is 1. The lowest BCUT2D eigenvalue weighted by molar-refractivity contribution is 0.209. The molecule has 0 bridgehead atoms. The molecular formula is C22H31N3O. The molecule has 0 amide bonds. The molecule has 26 heavy (non-hydrogen) atoms. The van der Waals surface area contributed by atoms with Crippen LogP contribution in [0.4, 0.5) is 5.82 Å². The first-order valence-corrected chi connectivity index (χ1v) is 9.85. The molecule has 1 atom stereocenters. The molecule has 1 aliphatic rings. The first-order chi connectivity index (χ1) is 12.6. The van der Waals surface area contributed by atoms with E-state index in [1.807, 2.05) is 12.1 Å². The highest BCUT2D eigenvalue weighted by Crippen LogP contribution is 2.21. The van der Waals surface area contributed by atoms with Crippen molar-refractivity contribution in [1.29, 1.82) is 0 Å². The second kappa shape index (κ2) is 9.04. The fraction of sp³-hybridized carbons (Fsp3) is 0.500. The maximum Gasteiger partial charge on any atom is 0.127 e. The van der Waals surface area contributed by atoms with Gasteiger partial charge in [0.05, 0.1) is 11.8 Å². The molecule has 1 unspecified atom stereocenters. The lowest BCUT2D eigenvalue weighted by Gasteiger charge is -2.15. The lowest BCUT2D eigenvalue weighted by Crippen LogP contribution is -2.18. The Morgan fingerprint density at radius 1 is 1.12 bits per heavy atom. The van der Waals surface area contributed by atoms with E-state index in [1.54, 1.807) is 0 Å². The normalized spacial score (nSPS) is 15.9. The zero-order valence-corrected chi connectivity index (χ0v) is 16.1. The summed E-state index contributed by atoms with van der Waals surface area (Å²) in [6, 6.07) is 12.7. The SMILES string of the molecule is CCCC(C)Oc1cc(N)nc(Cc2ccc(CN3CCCC3)cc2)c1. The maximum atomic E-state index is 5.98. The van der Waals surface area contributed by atoms with E-state index in [4.69, 9.17) is 10.5 Å². The van der Waals surface area contributed by atoms with Gasteiger partial charge in [0.25, 0.3) is 0 Å². The van der Waals surface area contributed by atoms with Crippen LogP contribution >= 0.6 is 0 Å². The topological polar surface area (TPSA) is 51.4 Å². The summed E-state index contributed by atoms with van der Waals surface area (Å²) in [6.07, 6.45) is 5.78. The van der Waals surface area contributed by atoms with E-state index in [0.29, 0.717) is 5.82 Å². The standard InChI is InChI=1S/C22H31N3O/c1-3-6-17(2)26-21-14-20(24-22(23)15-21)13-18-7-9-19(10-8-18)16-25-11-4-5-12-25/h7-10,14-15,17H,3-6,11-13,16H2,1-2H3,(H2,23,24). The van der Waals surface area contributed by atoms with Crippen molar-refractivity contribution >= 4 is 5.82 Å². The Balaban J connectivity index is 1.63. The van der Waals surface area contributed by atoms with Gasteiger partial charge in [-0.25, -0.2) is 4.98 Å². The van der Waals surface area contributed by atoms with Crippen molar-refractivity contribution in [2.45, 2.75) is 58.6 Å². The summed E-state index contributed by atoms with van der Waals surface area (Å²) in [6.45, 7) is 7.78. The van der Waals surface area contributed by atoms with Gasteiger partial charge in [0.15, 0.2) is 0 Å². The third kappa shape index (κ3) is 5.46. The van der Waals surface area contributed by atoms with E-state index in [0.717, 1.165) is 37.3 Å². The van der Waals surface area contributed by atoms with Crippen molar-refractivity contribution in [3.05, 3.63) is 53.2 Å². The fourth-order valence-electron chi connectivity index (χ4n) is 3.61. The van der Waals surface area contributed by atoms with Gasteiger partial charge in [-0.2, -0.15) is 0 Å². The number of hydrogen-bond donors (Lipinski definition) is 1. The Hall–Kier alpha value is -2.07. The predicted molar refractivity (Wildman–Crippen MR) is 107 cm³/mol. The highest BCUT2D eigenvalue weighted by atomic mass is 16.5. The van der Waals surface area contributed by atoms with E-state index in [9.17, 15) is 0 Å². The number of likely N-dealkylation sites (tertiary alicyclic amines) is 1. The third-order valence-electron chi connectivity index (χ3n) is 4.92. The smallest absolute Gasteiger partial charge is 0.127 e. The molecule has 140 valence electrons. The summed E-state index contributed by atoms with van der Waals surface area (Å²) in [5.41, 5.74) is 9.57. The minimum atomic E-state index is 0.194. The Kier molecular flexibility index (Phi) is 6.51. The summed E-state index contributed by atoms with van der Waals surface area (Å²) < 4.78 is 5.98. The quantitative estimate of drug-likeness (QED) is 0.763. The zero-order chi connectivity index (χ0) is 18.4. The Morgan fingerprint density at radius 2 is 1.81 bits per heavy atom. The molecule has 2 N–H and O–H groups in total. The van der Waals surface area contributed by atoms with Gasteiger partial charge < -0.3 is 10.5 Å². The minimum Gasteiger partial charge on any atom is -0.491 e. The summed E-state index contributed by atoms with van der Waals surface area (Å²) >= 11 is 0. The molecule has 0 radical (unpaired) electrons. The Bertz CT molecular complexity index is 693. The van der Waals surface area contributed by atoms with Crippen LogP contribution in [0.15, 0.2) is 36.4 Å². The zero-order valence-electron chi connectivity index (χ0n) is 16.1. The van der Waals surface area contributed by atoms with E-state index >= 15 is 0 Å². The average Bonchev–Trinajstić information content (AvgIpc) is 3.09. The van der Waals surface area contributed by atoms with Gasteiger partial charge in [0, 0.05) is 25.1 Å². The van der Waals surface area contributed by atoms with Crippen molar-refractivity contribution in [3.63, 3.8) is 0 Å². The number of nitrogen functional groups attached to an aromatic ring is 1. The molecule has 2 heterocycles. The van der Waals surface area contributed by atoms with Crippen molar-refractivity contribution in [3.8, 4) is 5.75 Å². The summed E-state index contributed by atoms with van der Waals surface area (Å²) in [7, 11) is 0. The largest absolute Gasteiger partial charge is 0.491 e. The fourth-order valence-corrected chi connectivity index (χ4v) is 3.61. The second-order valence-corrected chi connectivity index (χ2v) is 7.41. The van der Waals surface area contributed by atoms with Gasteiger partial charge >= 0.3 is 0 Å². The van der Waals surface area contributed by atoms with Gasteiger partial charge in [-0.3, -0.25) is 4.90 Å². The molecule has 0 saturated carbocycles. The van der Waals surface area contributed by atoms with Crippen LogP contribution < -0.4 is 10.5 Å². The number of pyridine rings is 1. The first-order valence-electron chi connectivity index (χ1n) is 9.85. The van der Waals surface area contributed by atoms with Crippen molar-refractivity contribution in [1.82, 2.24) is 9.88 Å². The number of anilines is 1. The van der Waals surface area contributed by atoms with Crippen LogP contribution in [-0.4, -0.2) is 29.1 Å². The van der Waals surface area contributed by atoms with Crippen LogP contribution in [0.1, 0.15) is 56.4 Å². The molecule has 4 heteroatoms. The van der Waals surface area contributed by atoms with E-state index < -0.39 is 0 Å².